The Morgan fingerprint density at radius 2 is 1.61 bits per heavy atom. The van der Waals surface area contributed by atoms with E-state index in [9.17, 15) is 29.5 Å². The third-order valence-electron chi connectivity index (χ3n) is 13.6. The minimum atomic E-state index is -0.872. The summed E-state index contributed by atoms with van der Waals surface area (Å²) in [4.78, 5) is 61.3. The molecular weight excluding hydrogens is 884 g/mol. The summed E-state index contributed by atoms with van der Waals surface area (Å²) in [5.41, 5.74) is 5.55. The van der Waals surface area contributed by atoms with Crippen molar-refractivity contribution in [1.82, 2.24) is 25.8 Å². The third-order valence-corrected chi connectivity index (χ3v) is 14.9. The van der Waals surface area contributed by atoms with Gasteiger partial charge in [0.25, 0.3) is 5.91 Å². The van der Waals surface area contributed by atoms with Crippen molar-refractivity contribution in [1.29, 1.82) is 5.26 Å². The maximum atomic E-state index is 14.1. The molecule has 2 fully saturated rings. The number of carbonyl (C=O) groups excluding carboxylic acids is 4. The van der Waals surface area contributed by atoms with Gasteiger partial charge in [-0.15, -0.1) is 11.3 Å². The number of aliphatic hydroxyl groups excluding tert-OH is 1. The molecule has 0 radical (unpaired) electrons. The summed E-state index contributed by atoms with van der Waals surface area (Å²) >= 11 is 7.83. The molecule has 3 aromatic carbocycles. The van der Waals surface area contributed by atoms with Gasteiger partial charge >= 0.3 is 0 Å². The van der Waals surface area contributed by atoms with E-state index in [1.54, 1.807) is 29.5 Å². The lowest BCUT2D eigenvalue weighted by molar-refractivity contribution is -0.164. The van der Waals surface area contributed by atoms with Crippen molar-refractivity contribution in [2.24, 2.45) is 16.2 Å². The first-order chi connectivity index (χ1) is 31.6. The molecule has 0 spiro atoms. The van der Waals surface area contributed by atoms with Crippen LogP contribution in [0.3, 0.4) is 0 Å². The number of nitrogens with one attached hydrogen (secondary N) is 3. The van der Waals surface area contributed by atoms with E-state index < -0.39 is 23.6 Å². The number of amides is 4. The summed E-state index contributed by atoms with van der Waals surface area (Å²) in [6, 6.07) is 20.7. The SMILES string of the molecule is Cc1ncsc1-c1ccc([C@H](C)NC(=O)[C@@H]2C[C@@H](O)CN2C(=O)[C@@H](NC(=O)CCCCCCCc2ccc(C(=O)NC3C(C)(C)C(Oc4ccc(C#N)c(Cl)c4)C3(C)C)cc2)C(C)(C)C)cc1. The zero-order chi connectivity index (χ0) is 48.8. The number of unbranched alkanes of at least 4 members (excludes halogenated alkanes) is 4. The molecule has 12 nitrogen and oxygen atoms in total. The molecule has 1 aromatic heterocycles. The number of aliphatic hydroxyl groups is 1. The summed E-state index contributed by atoms with van der Waals surface area (Å²) < 4.78 is 6.37. The van der Waals surface area contributed by atoms with E-state index in [0.717, 1.165) is 59.4 Å². The predicted octanol–water partition coefficient (Wildman–Crippen LogP) is 9.51. The zero-order valence-electron chi connectivity index (χ0n) is 40.4. The molecule has 1 saturated heterocycles. The monoisotopic (exact) mass is 950 g/mol. The molecular formula is C53H67ClN6O6S. The van der Waals surface area contributed by atoms with Crippen LogP contribution in [0.1, 0.15) is 139 Å². The van der Waals surface area contributed by atoms with Crippen LogP contribution in [0.4, 0.5) is 0 Å². The first-order valence-corrected chi connectivity index (χ1v) is 24.7. The van der Waals surface area contributed by atoms with Gasteiger partial charge in [-0.1, -0.05) is 116 Å². The second kappa shape index (κ2) is 21.3. The Bertz CT molecular complexity index is 2420. The molecule has 4 aromatic rings. The number of halogens is 1. The van der Waals surface area contributed by atoms with Crippen LogP contribution in [0.25, 0.3) is 10.4 Å². The average Bonchev–Trinajstić information content (AvgIpc) is 3.90. The lowest BCUT2D eigenvalue weighted by Crippen LogP contribution is -2.74. The third kappa shape index (κ3) is 12.1. The number of hydrogen-bond acceptors (Lipinski definition) is 9. The second-order valence-electron chi connectivity index (χ2n) is 20.6. The summed E-state index contributed by atoms with van der Waals surface area (Å²) in [6.07, 6.45) is 4.72. The summed E-state index contributed by atoms with van der Waals surface area (Å²) in [6.45, 7) is 17.9. The van der Waals surface area contributed by atoms with Gasteiger partial charge in [0.2, 0.25) is 17.7 Å². The molecule has 1 aliphatic carbocycles. The van der Waals surface area contributed by atoms with E-state index in [1.165, 1.54) is 4.90 Å². The standard InChI is InChI=1S/C53H67ClN6O6S/c1-32(35-21-23-36(24-22-35)44-33(2)56-31-67-44)57-47(64)42-27-39(61)30-60(42)48(65)45(51(3,4)5)58-43(62)16-14-12-10-11-13-15-34-17-19-37(20-18-34)46(63)59-49-52(6,7)50(53(49,8)9)66-40-26-25-38(29-55)41(54)28-40/h17-26,28,31-32,39,42,45,49-50,61H,10-16,27,30H2,1-9H3,(H,57,64)(H,58,62)(H,59,63)/t32-,39+,42-,45+,49?,50?/m0/s1. The molecule has 4 N–H and O–H groups in total. The fourth-order valence-electron chi connectivity index (χ4n) is 10.0. The molecule has 2 aliphatic rings. The van der Waals surface area contributed by atoms with Crippen LogP contribution in [0.5, 0.6) is 5.75 Å². The van der Waals surface area contributed by atoms with Gasteiger partial charge in [0, 0.05) is 47.9 Å². The molecule has 6 rings (SSSR count). The molecule has 0 bridgehead atoms. The van der Waals surface area contributed by atoms with Crippen molar-refractivity contribution >= 4 is 46.6 Å². The van der Waals surface area contributed by atoms with E-state index in [0.29, 0.717) is 28.3 Å². The fourth-order valence-corrected chi connectivity index (χ4v) is 11.1. The molecule has 67 heavy (non-hydrogen) atoms. The highest BCUT2D eigenvalue weighted by atomic mass is 35.5. The van der Waals surface area contributed by atoms with Crippen molar-refractivity contribution < 1.29 is 29.0 Å². The highest BCUT2D eigenvalue weighted by molar-refractivity contribution is 7.13. The number of aryl methyl sites for hydroxylation is 2. The maximum absolute atomic E-state index is 14.1. The average molecular weight is 952 g/mol. The number of hydrogen-bond donors (Lipinski definition) is 4. The Labute approximate surface area is 405 Å². The van der Waals surface area contributed by atoms with Crippen molar-refractivity contribution in [3.63, 3.8) is 0 Å². The molecule has 1 saturated carbocycles. The van der Waals surface area contributed by atoms with E-state index in [-0.39, 0.29) is 72.0 Å². The number of aromatic nitrogens is 1. The number of rotatable bonds is 18. The first-order valence-electron chi connectivity index (χ1n) is 23.5. The smallest absolute Gasteiger partial charge is 0.251 e. The number of nitriles is 1. The van der Waals surface area contributed by atoms with Gasteiger partial charge in [-0.05, 0) is 79.5 Å². The summed E-state index contributed by atoms with van der Waals surface area (Å²) in [5.74, 6) is -0.472. The molecule has 1 aliphatic heterocycles. The van der Waals surface area contributed by atoms with E-state index in [1.807, 2.05) is 88.7 Å². The van der Waals surface area contributed by atoms with Gasteiger partial charge in [-0.2, -0.15) is 5.26 Å². The van der Waals surface area contributed by atoms with Crippen molar-refractivity contribution in [2.75, 3.05) is 6.54 Å². The zero-order valence-corrected chi connectivity index (χ0v) is 41.9. The Morgan fingerprint density at radius 3 is 2.22 bits per heavy atom. The topological polar surface area (TPSA) is 174 Å². The first kappa shape index (κ1) is 51.1. The van der Waals surface area contributed by atoms with Crippen LogP contribution in [0.15, 0.2) is 72.2 Å². The maximum Gasteiger partial charge on any atom is 0.251 e. The lowest BCUT2D eigenvalue weighted by atomic mass is 9.49. The molecule has 4 amide bonds. The van der Waals surface area contributed by atoms with Crippen LogP contribution in [-0.4, -0.2) is 75.5 Å². The van der Waals surface area contributed by atoms with E-state index >= 15 is 0 Å². The molecule has 2 heterocycles. The number of benzene rings is 3. The number of carbonyl (C=O) groups is 4. The van der Waals surface area contributed by atoms with Crippen molar-refractivity contribution in [2.45, 2.75) is 150 Å². The molecule has 14 heteroatoms. The number of β-amino-alcohol motifs (C(OH)–C–C–N with tert-alkyl or cyclic N) is 1. The van der Waals surface area contributed by atoms with Crippen LogP contribution < -0.4 is 20.7 Å². The quantitative estimate of drug-likeness (QED) is 0.0714. The lowest BCUT2D eigenvalue weighted by Gasteiger charge is -2.63. The Hall–Kier alpha value is -5.29. The van der Waals surface area contributed by atoms with Gasteiger partial charge in [0.1, 0.15) is 30.0 Å². The Morgan fingerprint density at radius 1 is 0.955 bits per heavy atom. The number of nitrogens with zero attached hydrogens (tertiary/aromatic N) is 3. The number of ether oxygens (including phenoxy) is 1. The van der Waals surface area contributed by atoms with Crippen LogP contribution in [0, 0.1) is 34.5 Å². The van der Waals surface area contributed by atoms with Gasteiger partial charge in [-0.3, -0.25) is 19.2 Å². The Balaban J connectivity index is 0.906. The van der Waals surface area contributed by atoms with E-state index in [2.05, 4.69) is 54.7 Å². The van der Waals surface area contributed by atoms with Crippen molar-refractivity contribution in [3.05, 3.63) is 105 Å². The van der Waals surface area contributed by atoms with Gasteiger partial charge < -0.3 is 30.7 Å². The highest BCUT2D eigenvalue weighted by Crippen LogP contribution is 2.55. The second-order valence-corrected chi connectivity index (χ2v) is 21.9. The summed E-state index contributed by atoms with van der Waals surface area (Å²) in [5, 5.41) is 29.5. The normalized spacial score (nSPS) is 20.5. The fraction of sp³-hybridized carbons (Fsp3) is 0.509. The van der Waals surface area contributed by atoms with Gasteiger partial charge in [0.15, 0.2) is 0 Å². The minimum absolute atomic E-state index is 0.0185. The number of likely N-dealkylation sites (tertiary alicyclic amines) is 1. The van der Waals surface area contributed by atoms with Crippen LogP contribution in [0.2, 0.25) is 5.02 Å². The van der Waals surface area contributed by atoms with Crippen molar-refractivity contribution in [3.8, 4) is 22.3 Å². The molecule has 0 unspecified atom stereocenters. The number of thiazole rings is 1. The molecule has 358 valence electrons. The van der Waals surface area contributed by atoms with Crippen LogP contribution in [-0.2, 0) is 20.8 Å². The summed E-state index contributed by atoms with van der Waals surface area (Å²) in [7, 11) is 0. The minimum Gasteiger partial charge on any atom is -0.489 e. The highest BCUT2D eigenvalue weighted by Gasteiger charge is 2.64. The van der Waals surface area contributed by atoms with Crippen LogP contribution >= 0.6 is 22.9 Å². The Kier molecular flexibility index (Phi) is 16.3. The van der Waals surface area contributed by atoms with E-state index in [4.69, 9.17) is 16.3 Å². The van der Waals surface area contributed by atoms with Gasteiger partial charge in [-0.25, -0.2) is 4.98 Å². The largest absolute Gasteiger partial charge is 0.489 e. The predicted molar refractivity (Wildman–Crippen MR) is 264 cm³/mol. The molecule has 4 atom stereocenters. The van der Waals surface area contributed by atoms with Gasteiger partial charge in [0.05, 0.1) is 38.8 Å².